The predicted octanol–water partition coefficient (Wildman–Crippen LogP) is 4.63. The van der Waals surface area contributed by atoms with Gasteiger partial charge in [-0.3, -0.25) is 0 Å². The fourth-order valence-electron chi connectivity index (χ4n) is 3.43. The third kappa shape index (κ3) is 4.78. The van der Waals surface area contributed by atoms with Crippen molar-refractivity contribution in [3.8, 4) is 5.75 Å². The number of halogens is 1. The van der Waals surface area contributed by atoms with Crippen LogP contribution in [0.5, 0.6) is 5.75 Å². The molecule has 0 aliphatic heterocycles. The van der Waals surface area contributed by atoms with Crippen molar-refractivity contribution in [2.24, 2.45) is 0 Å². The molecule has 0 heterocycles. The summed E-state index contributed by atoms with van der Waals surface area (Å²) in [4.78, 5) is 0.220. The maximum absolute atomic E-state index is 12.7. The van der Waals surface area contributed by atoms with Gasteiger partial charge in [-0.1, -0.05) is 24.1 Å². The van der Waals surface area contributed by atoms with E-state index < -0.39 is 10.0 Å². The summed E-state index contributed by atoms with van der Waals surface area (Å²) < 4.78 is 34.4. The molecule has 1 aliphatic carbocycles. The first-order valence-electron chi connectivity index (χ1n) is 8.86. The molecule has 0 spiro atoms. The summed E-state index contributed by atoms with van der Waals surface area (Å²) in [6.45, 7) is 4.06. The van der Waals surface area contributed by atoms with Crippen LogP contribution in [0.3, 0.4) is 0 Å². The van der Waals surface area contributed by atoms with Gasteiger partial charge in [-0.05, 0) is 80.6 Å². The number of hydrogen-bond acceptors (Lipinski definition) is 3. The Labute approximate surface area is 160 Å². The number of hydrogen-bond donors (Lipinski definition) is 1. The average molecular weight is 394 g/mol. The summed E-state index contributed by atoms with van der Waals surface area (Å²) in [6.07, 6.45) is 3.45. The highest BCUT2D eigenvalue weighted by atomic mass is 35.5. The van der Waals surface area contributed by atoms with Gasteiger partial charge >= 0.3 is 0 Å². The maximum atomic E-state index is 12.7. The van der Waals surface area contributed by atoms with Crippen molar-refractivity contribution in [2.75, 3.05) is 0 Å². The Morgan fingerprint density at radius 2 is 1.62 bits per heavy atom. The lowest BCUT2D eigenvalue weighted by Crippen LogP contribution is -2.47. The van der Waals surface area contributed by atoms with Gasteiger partial charge in [0.1, 0.15) is 11.9 Å². The van der Waals surface area contributed by atoms with E-state index in [1.807, 2.05) is 26.0 Å². The van der Waals surface area contributed by atoms with E-state index in [1.165, 1.54) is 12.1 Å². The molecule has 0 saturated heterocycles. The quantitative estimate of drug-likeness (QED) is 0.805. The summed E-state index contributed by atoms with van der Waals surface area (Å²) in [7, 11) is -3.61. The Morgan fingerprint density at radius 3 is 2.27 bits per heavy atom. The van der Waals surface area contributed by atoms with E-state index in [9.17, 15) is 8.42 Å². The highest BCUT2D eigenvalue weighted by Gasteiger charge is 2.31. The number of nitrogens with one attached hydrogen (secondary N) is 1. The maximum Gasteiger partial charge on any atom is 0.240 e. The first kappa shape index (κ1) is 19.2. The molecule has 4 nitrogen and oxygen atoms in total. The second-order valence-electron chi connectivity index (χ2n) is 6.95. The van der Waals surface area contributed by atoms with E-state index in [0.717, 1.165) is 42.6 Å². The molecule has 0 aromatic heterocycles. The number of ether oxygens (including phenoxy) is 1. The van der Waals surface area contributed by atoms with E-state index in [2.05, 4.69) is 10.8 Å². The van der Waals surface area contributed by atoms with Crippen LogP contribution in [0.2, 0.25) is 5.02 Å². The topological polar surface area (TPSA) is 55.4 Å². The Bertz CT molecular complexity index is 845. The van der Waals surface area contributed by atoms with Crippen LogP contribution in [0.25, 0.3) is 0 Å². The molecule has 1 N–H and O–H groups in total. The SMILES string of the molecule is Cc1cc(C)cc(OC2CCCCC2NS(=O)(=O)c2ccc(Cl)cc2)c1. The van der Waals surface area contributed by atoms with Crippen molar-refractivity contribution in [3.05, 3.63) is 58.6 Å². The fourth-order valence-corrected chi connectivity index (χ4v) is 4.85. The molecule has 1 aliphatic rings. The molecule has 1 fully saturated rings. The normalized spacial score (nSPS) is 20.7. The zero-order chi connectivity index (χ0) is 18.7. The van der Waals surface area contributed by atoms with Crippen LogP contribution < -0.4 is 9.46 Å². The van der Waals surface area contributed by atoms with E-state index >= 15 is 0 Å². The molecule has 26 heavy (non-hydrogen) atoms. The summed E-state index contributed by atoms with van der Waals surface area (Å²) in [6, 6.07) is 12.0. The lowest BCUT2D eigenvalue weighted by Gasteiger charge is -2.32. The minimum Gasteiger partial charge on any atom is -0.489 e. The first-order valence-corrected chi connectivity index (χ1v) is 10.7. The van der Waals surface area contributed by atoms with Gasteiger partial charge in [0.05, 0.1) is 10.9 Å². The molecule has 0 radical (unpaired) electrons. The smallest absolute Gasteiger partial charge is 0.240 e. The van der Waals surface area contributed by atoms with Crippen molar-refractivity contribution < 1.29 is 13.2 Å². The monoisotopic (exact) mass is 393 g/mol. The predicted molar refractivity (Wildman–Crippen MR) is 104 cm³/mol. The number of aryl methyl sites for hydroxylation is 2. The Morgan fingerprint density at radius 1 is 1.00 bits per heavy atom. The largest absolute Gasteiger partial charge is 0.489 e. The zero-order valence-electron chi connectivity index (χ0n) is 15.0. The van der Waals surface area contributed by atoms with Gasteiger partial charge in [0.2, 0.25) is 10.0 Å². The van der Waals surface area contributed by atoms with Crippen LogP contribution in [0.15, 0.2) is 47.4 Å². The third-order valence-corrected chi connectivity index (χ3v) is 6.37. The van der Waals surface area contributed by atoms with Crippen molar-refractivity contribution in [1.82, 2.24) is 4.72 Å². The number of rotatable bonds is 5. The Hall–Kier alpha value is -1.56. The van der Waals surface area contributed by atoms with Gasteiger partial charge in [0, 0.05) is 5.02 Å². The zero-order valence-corrected chi connectivity index (χ0v) is 16.6. The van der Waals surface area contributed by atoms with Gasteiger partial charge in [-0.2, -0.15) is 0 Å². The van der Waals surface area contributed by atoms with E-state index in [0.29, 0.717) is 5.02 Å². The summed E-state index contributed by atoms with van der Waals surface area (Å²) in [5, 5.41) is 0.512. The van der Waals surface area contributed by atoms with Crippen molar-refractivity contribution in [1.29, 1.82) is 0 Å². The Kier molecular flexibility index (Phi) is 5.90. The average Bonchev–Trinajstić information content (AvgIpc) is 2.56. The second kappa shape index (κ2) is 7.99. The van der Waals surface area contributed by atoms with Gasteiger partial charge < -0.3 is 4.74 Å². The van der Waals surface area contributed by atoms with Crippen LogP contribution in [0.4, 0.5) is 0 Å². The molecule has 140 valence electrons. The van der Waals surface area contributed by atoms with Gasteiger partial charge in [-0.15, -0.1) is 0 Å². The molecule has 3 rings (SSSR count). The van der Waals surface area contributed by atoms with Crippen LogP contribution >= 0.6 is 11.6 Å². The summed E-state index contributed by atoms with van der Waals surface area (Å²) >= 11 is 5.86. The van der Waals surface area contributed by atoms with Crippen molar-refractivity contribution >= 4 is 21.6 Å². The van der Waals surface area contributed by atoms with Crippen LogP contribution in [0.1, 0.15) is 36.8 Å². The standard InChI is InChI=1S/C20H24ClNO3S/c1-14-11-15(2)13-17(12-14)25-20-6-4-3-5-19(20)22-26(23,24)18-9-7-16(21)8-10-18/h7-13,19-20,22H,3-6H2,1-2H3. The summed E-state index contributed by atoms with van der Waals surface area (Å²) in [5.74, 6) is 0.796. The molecular formula is C20H24ClNO3S. The second-order valence-corrected chi connectivity index (χ2v) is 9.10. The van der Waals surface area contributed by atoms with Crippen molar-refractivity contribution in [3.63, 3.8) is 0 Å². The molecule has 2 unspecified atom stereocenters. The molecule has 1 saturated carbocycles. The van der Waals surface area contributed by atoms with Gasteiger partial charge in [0.25, 0.3) is 0 Å². The third-order valence-electron chi connectivity index (χ3n) is 4.62. The molecule has 6 heteroatoms. The van der Waals surface area contributed by atoms with Gasteiger partial charge in [-0.25, -0.2) is 13.1 Å². The lowest BCUT2D eigenvalue weighted by atomic mass is 9.93. The molecule has 0 amide bonds. The van der Waals surface area contributed by atoms with Gasteiger partial charge in [0.15, 0.2) is 0 Å². The summed E-state index contributed by atoms with van der Waals surface area (Å²) in [5.41, 5.74) is 2.27. The Balaban J connectivity index is 1.77. The van der Waals surface area contributed by atoms with E-state index in [-0.39, 0.29) is 17.0 Å². The molecule has 2 aromatic carbocycles. The van der Waals surface area contributed by atoms with Crippen LogP contribution in [0, 0.1) is 13.8 Å². The highest BCUT2D eigenvalue weighted by Crippen LogP contribution is 2.27. The number of benzene rings is 2. The molecule has 2 atom stereocenters. The van der Waals surface area contributed by atoms with Crippen LogP contribution in [-0.4, -0.2) is 20.6 Å². The minimum atomic E-state index is -3.61. The van der Waals surface area contributed by atoms with Crippen molar-refractivity contribution in [2.45, 2.75) is 56.6 Å². The first-order chi connectivity index (χ1) is 12.3. The highest BCUT2D eigenvalue weighted by molar-refractivity contribution is 7.89. The lowest BCUT2D eigenvalue weighted by molar-refractivity contribution is 0.124. The van der Waals surface area contributed by atoms with E-state index in [4.69, 9.17) is 16.3 Å². The molecular weight excluding hydrogens is 370 g/mol. The van der Waals surface area contributed by atoms with Crippen LogP contribution in [-0.2, 0) is 10.0 Å². The molecule has 0 bridgehead atoms. The number of sulfonamides is 1. The molecule has 2 aromatic rings. The minimum absolute atomic E-state index is 0.174. The fraction of sp³-hybridized carbons (Fsp3) is 0.400. The van der Waals surface area contributed by atoms with E-state index in [1.54, 1.807) is 12.1 Å².